The van der Waals surface area contributed by atoms with Gasteiger partial charge in [-0.1, -0.05) is 5.18 Å². The highest BCUT2D eigenvalue weighted by molar-refractivity contribution is 5.90. The number of aromatic nitrogens is 1. The second kappa shape index (κ2) is 4.92. The van der Waals surface area contributed by atoms with Gasteiger partial charge in [-0.2, -0.15) is 4.91 Å². The van der Waals surface area contributed by atoms with Crippen LogP contribution in [0.15, 0.2) is 5.18 Å². The van der Waals surface area contributed by atoms with E-state index in [1.165, 1.54) is 0 Å². The van der Waals surface area contributed by atoms with Gasteiger partial charge in [0, 0.05) is 18.3 Å². The van der Waals surface area contributed by atoms with Gasteiger partial charge < -0.3 is 9.30 Å². The van der Waals surface area contributed by atoms with Gasteiger partial charge in [-0.25, -0.2) is 4.79 Å². The van der Waals surface area contributed by atoms with Crippen LogP contribution in [0.3, 0.4) is 0 Å². The smallest absolute Gasteiger partial charge is 0.355 e. The largest absolute Gasteiger partial charge is 0.461 e. The van der Waals surface area contributed by atoms with Gasteiger partial charge in [0.15, 0.2) is 0 Å². The van der Waals surface area contributed by atoms with E-state index in [4.69, 9.17) is 4.74 Å². The Kier molecular flexibility index (Phi) is 3.50. The number of hydrogen-bond acceptors (Lipinski definition) is 4. The molecule has 1 unspecified atom stereocenters. The number of carbonyl (C=O) groups excluding carboxylic acids is 1. The van der Waals surface area contributed by atoms with Crippen LogP contribution < -0.4 is 0 Å². The second-order valence-electron chi connectivity index (χ2n) is 4.63. The van der Waals surface area contributed by atoms with E-state index in [-0.39, 0.29) is 12.0 Å². The first kappa shape index (κ1) is 12.8. The zero-order chi connectivity index (χ0) is 13.3. The van der Waals surface area contributed by atoms with Crippen LogP contribution in [0.4, 0.5) is 0 Å². The van der Waals surface area contributed by atoms with Crippen molar-refractivity contribution in [1.29, 1.82) is 0 Å². The molecule has 1 aliphatic carbocycles. The molecule has 1 atom stereocenters. The molecule has 1 aromatic heterocycles. The van der Waals surface area contributed by atoms with Crippen LogP contribution in [0.25, 0.3) is 0 Å². The molecule has 18 heavy (non-hydrogen) atoms. The summed E-state index contributed by atoms with van der Waals surface area (Å²) < 4.78 is 6.93. The summed E-state index contributed by atoms with van der Waals surface area (Å²) in [5.41, 5.74) is 3.38. The van der Waals surface area contributed by atoms with Gasteiger partial charge in [0.2, 0.25) is 0 Å². The molecule has 0 radical (unpaired) electrons. The average Bonchev–Trinajstić information content (AvgIpc) is 2.62. The maximum Gasteiger partial charge on any atom is 0.355 e. The number of hydrogen-bond donors (Lipinski definition) is 0. The second-order valence-corrected chi connectivity index (χ2v) is 4.63. The lowest BCUT2D eigenvalue weighted by Gasteiger charge is -2.18. The van der Waals surface area contributed by atoms with E-state index < -0.39 is 0 Å². The summed E-state index contributed by atoms with van der Waals surface area (Å²) in [7, 11) is 1.85. The summed E-state index contributed by atoms with van der Waals surface area (Å²) >= 11 is 0. The molecule has 0 saturated carbocycles. The van der Waals surface area contributed by atoms with Gasteiger partial charge in [-0.05, 0) is 38.7 Å². The van der Waals surface area contributed by atoms with Crippen molar-refractivity contribution in [1.82, 2.24) is 4.57 Å². The summed E-state index contributed by atoms with van der Waals surface area (Å²) in [6, 6.07) is -0.317. The number of carbonyl (C=O) groups is 1. The van der Waals surface area contributed by atoms with Gasteiger partial charge in [0.05, 0.1) is 6.61 Å². The first-order chi connectivity index (χ1) is 8.61. The van der Waals surface area contributed by atoms with E-state index >= 15 is 0 Å². The van der Waals surface area contributed by atoms with Gasteiger partial charge in [-0.15, -0.1) is 0 Å². The van der Waals surface area contributed by atoms with Crippen molar-refractivity contribution < 1.29 is 9.53 Å². The number of fused-ring (bicyclic) bond motifs is 1. The number of nitroso groups, excluding NO2 is 1. The molecular weight excluding hydrogens is 232 g/mol. The summed E-state index contributed by atoms with van der Waals surface area (Å²) in [4.78, 5) is 22.9. The van der Waals surface area contributed by atoms with Crippen LogP contribution in [0.1, 0.15) is 53.1 Å². The molecule has 0 saturated heterocycles. The van der Waals surface area contributed by atoms with E-state index in [2.05, 4.69) is 5.18 Å². The van der Waals surface area contributed by atoms with Crippen molar-refractivity contribution >= 4 is 5.97 Å². The molecule has 0 amide bonds. The molecule has 5 nitrogen and oxygen atoms in total. The third kappa shape index (κ3) is 1.83. The van der Waals surface area contributed by atoms with E-state index in [1.807, 2.05) is 18.5 Å². The minimum Gasteiger partial charge on any atom is -0.461 e. The normalized spacial score (nSPS) is 18.3. The summed E-state index contributed by atoms with van der Waals surface area (Å²) in [5, 5.41) is 3.19. The molecular formula is C13H18N2O3. The lowest BCUT2D eigenvalue weighted by molar-refractivity contribution is 0.0514. The fraction of sp³-hybridized carbons (Fsp3) is 0.615. The Morgan fingerprint density at radius 2 is 2.28 bits per heavy atom. The summed E-state index contributed by atoms with van der Waals surface area (Å²) in [5.74, 6) is -0.323. The van der Waals surface area contributed by atoms with Crippen LogP contribution in [0.5, 0.6) is 0 Å². The fourth-order valence-corrected chi connectivity index (χ4v) is 2.86. The topological polar surface area (TPSA) is 60.7 Å². The minimum absolute atomic E-state index is 0.317. The van der Waals surface area contributed by atoms with Crippen LogP contribution in [-0.4, -0.2) is 17.1 Å². The molecule has 0 fully saturated rings. The molecule has 2 rings (SSSR count). The molecule has 98 valence electrons. The lowest BCUT2D eigenvalue weighted by Crippen LogP contribution is -2.13. The van der Waals surface area contributed by atoms with Crippen molar-refractivity contribution in [2.24, 2.45) is 12.2 Å². The molecule has 5 heteroatoms. The van der Waals surface area contributed by atoms with E-state index in [0.717, 1.165) is 36.1 Å². The van der Waals surface area contributed by atoms with Crippen molar-refractivity contribution in [3.8, 4) is 0 Å². The zero-order valence-corrected chi connectivity index (χ0v) is 11.0. The Hall–Kier alpha value is -1.65. The Bertz CT molecular complexity index is 491. The van der Waals surface area contributed by atoms with E-state index in [0.29, 0.717) is 12.3 Å². The third-order valence-corrected chi connectivity index (χ3v) is 3.63. The SMILES string of the molecule is CCOC(=O)c1c(C)c2c(n1C)CCCC2N=O. The average molecular weight is 250 g/mol. The maximum absolute atomic E-state index is 11.9. The highest BCUT2D eigenvalue weighted by Gasteiger charge is 2.31. The monoisotopic (exact) mass is 250 g/mol. The van der Waals surface area contributed by atoms with Crippen molar-refractivity contribution in [2.75, 3.05) is 6.61 Å². The van der Waals surface area contributed by atoms with Gasteiger partial charge in [0.25, 0.3) is 0 Å². The number of esters is 1. The van der Waals surface area contributed by atoms with Gasteiger partial charge >= 0.3 is 5.97 Å². The molecule has 0 aliphatic heterocycles. The van der Waals surface area contributed by atoms with Crippen molar-refractivity contribution in [2.45, 2.75) is 39.2 Å². The first-order valence-electron chi connectivity index (χ1n) is 6.29. The minimum atomic E-state index is -0.323. The van der Waals surface area contributed by atoms with Crippen molar-refractivity contribution in [3.63, 3.8) is 0 Å². The number of ether oxygens (including phenoxy) is 1. The Morgan fingerprint density at radius 1 is 1.56 bits per heavy atom. The number of nitrogens with zero attached hydrogens (tertiary/aromatic N) is 2. The van der Waals surface area contributed by atoms with Crippen LogP contribution in [0.2, 0.25) is 0 Å². The molecule has 1 heterocycles. The first-order valence-corrected chi connectivity index (χ1v) is 6.29. The van der Waals surface area contributed by atoms with E-state index in [9.17, 15) is 9.70 Å². The molecule has 1 aromatic rings. The van der Waals surface area contributed by atoms with Crippen LogP contribution >= 0.6 is 0 Å². The van der Waals surface area contributed by atoms with Crippen LogP contribution in [0, 0.1) is 11.8 Å². The zero-order valence-electron chi connectivity index (χ0n) is 11.0. The molecule has 1 aliphatic rings. The standard InChI is InChI=1S/C13H18N2O3/c1-4-18-13(16)12-8(2)11-9(14-17)6-5-7-10(11)15(12)3/h9H,4-7H2,1-3H3. The van der Waals surface area contributed by atoms with E-state index in [1.54, 1.807) is 6.92 Å². The molecule has 0 aromatic carbocycles. The molecule has 0 bridgehead atoms. The molecule has 0 spiro atoms. The van der Waals surface area contributed by atoms with Crippen molar-refractivity contribution in [3.05, 3.63) is 27.4 Å². The highest BCUT2D eigenvalue weighted by atomic mass is 16.5. The highest BCUT2D eigenvalue weighted by Crippen LogP contribution is 2.37. The summed E-state index contributed by atoms with van der Waals surface area (Å²) in [6.07, 6.45) is 2.59. The fourth-order valence-electron chi connectivity index (χ4n) is 2.86. The quantitative estimate of drug-likeness (QED) is 0.612. The summed E-state index contributed by atoms with van der Waals surface area (Å²) in [6.45, 7) is 4.00. The third-order valence-electron chi connectivity index (χ3n) is 3.63. The predicted octanol–water partition coefficient (Wildman–Crippen LogP) is 2.65. The Balaban J connectivity index is 2.54. The van der Waals surface area contributed by atoms with Gasteiger partial charge in [0.1, 0.15) is 11.7 Å². The predicted molar refractivity (Wildman–Crippen MR) is 67.6 cm³/mol. The van der Waals surface area contributed by atoms with Crippen LogP contribution in [-0.2, 0) is 18.2 Å². The molecule has 0 N–H and O–H groups in total. The lowest BCUT2D eigenvalue weighted by atomic mass is 9.91. The Labute approximate surface area is 106 Å². The maximum atomic E-state index is 11.9. The number of rotatable bonds is 3. The Morgan fingerprint density at radius 3 is 2.89 bits per heavy atom. The van der Waals surface area contributed by atoms with Gasteiger partial charge in [-0.3, -0.25) is 0 Å².